The molecule has 0 aliphatic heterocycles. The smallest absolute Gasteiger partial charge is 0.123 e. The highest BCUT2D eigenvalue weighted by atomic mass is 79.9. The standard InChI is InChI=1S/C16H17BrFN/c1-11-9-14(18)8-7-13(11)10-19-12(2)15-5-3-4-6-16(15)17/h3-9,12,19H,10H2,1-2H3/t12-/m0/s1. The van der Waals surface area contributed by atoms with Crippen LogP contribution >= 0.6 is 15.9 Å². The second-order valence-electron chi connectivity index (χ2n) is 4.69. The topological polar surface area (TPSA) is 12.0 Å². The van der Waals surface area contributed by atoms with E-state index >= 15 is 0 Å². The van der Waals surface area contributed by atoms with Crippen LogP contribution in [0.5, 0.6) is 0 Å². The molecular weight excluding hydrogens is 305 g/mol. The molecule has 0 unspecified atom stereocenters. The molecule has 1 N–H and O–H groups in total. The van der Waals surface area contributed by atoms with E-state index in [1.54, 1.807) is 6.07 Å². The second-order valence-corrected chi connectivity index (χ2v) is 5.55. The van der Waals surface area contributed by atoms with Gasteiger partial charge in [-0.05, 0) is 48.7 Å². The average Bonchev–Trinajstić information content (AvgIpc) is 2.38. The van der Waals surface area contributed by atoms with Gasteiger partial charge in [0.2, 0.25) is 0 Å². The van der Waals surface area contributed by atoms with Crippen molar-refractivity contribution in [3.8, 4) is 0 Å². The van der Waals surface area contributed by atoms with Crippen LogP contribution < -0.4 is 5.32 Å². The fraction of sp³-hybridized carbons (Fsp3) is 0.250. The van der Waals surface area contributed by atoms with Crippen molar-refractivity contribution in [1.29, 1.82) is 0 Å². The van der Waals surface area contributed by atoms with Gasteiger partial charge in [-0.2, -0.15) is 0 Å². The lowest BCUT2D eigenvalue weighted by Crippen LogP contribution is -2.19. The molecule has 0 saturated heterocycles. The Kier molecular flexibility index (Phi) is 4.72. The van der Waals surface area contributed by atoms with Crippen molar-refractivity contribution >= 4 is 15.9 Å². The van der Waals surface area contributed by atoms with Crippen LogP contribution in [0.2, 0.25) is 0 Å². The maximum atomic E-state index is 13.0. The Hall–Kier alpha value is -1.19. The normalized spacial score (nSPS) is 12.4. The van der Waals surface area contributed by atoms with Crippen molar-refractivity contribution in [3.05, 3.63) is 69.4 Å². The molecule has 1 atom stereocenters. The minimum atomic E-state index is -0.180. The van der Waals surface area contributed by atoms with E-state index in [0.29, 0.717) is 0 Å². The van der Waals surface area contributed by atoms with Crippen LogP contribution in [-0.2, 0) is 6.54 Å². The zero-order chi connectivity index (χ0) is 13.8. The van der Waals surface area contributed by atoms with Crippen molar-refractivity contribution in [2.24, 2.45) is 0 Å². The van der Waals surface area contributed by atoms with Crippen LogP contribution in [0.25, 0.3) is 0 Å². The Morgan fingerprint density at radius 1 is 1.21 bits per heavy atom. The fourth-order valence-corrected chi connectivity index (χ4v) is 2.69. The monoisotopic (exact) mass is 321 g/mol. The number of halogens is 2. The average molecular weight is 322 g/mol. The van der Waals surface area contributed by atoms with Gasteiger partial charge in [-0.15, -0.1) is 0 Å². The summed E-state index contributed by atoms with van der Waals surface area (Å²) < 4.78 is 14.1. The zero-order valence-electron chi connectivity index (χ0n) is 11.1. The van der Waals surface area contributed by atoms with Gasteiger partial charge in [-0.25, -0.2) is 4.39 Å². The van der Waals surface area contributed by atoms with Crippen molar-refractivity contribution < 1.29 is 4.39 Å². The van der Waals surface area contributed by atoms with Crippen LogP contribution in [0.4, 0.5) is 4.39 Å². The molecular formula is C16H17BrFN. The minimum absolute atomic E-state index is 0.180. The fourth-order valence-electron chi connectivity index (χ4n) is 2.06. The molecule has 2 rings (SSSR count). The summed E-state index contributed by atoms with van der Waals surface area (Å²) in [7, 11) is 0. The molecule has 0 bridgehead atoms. The Balaban J connectivity index is 2.04. The van der Waals surface area contributed by atoms with Gasteiger partial charge in [-0.1, -0.05) is 40.2 Å². The number of aryl methyl sites for hydroxylation is 1. The highest BCUT2D eigenvalue weighted by molar-refractivity contribution is 9.10. The van der Waals surface area contributed by atoms with Crippen molar-refractivity contribution in [2.75, 3.05) is 0 Å². The lowest BCUT2D eigenvalue weighted by Gasteiger charge is -2.16. The van der Waals surface area contributed by atoms with Crippen LogP contribution in [0.15, 0.2) is 46.9 Å². The molecule has 0 aliphatic rings. The Labute approximate surface area is 122 Å². The largest absolute Gasteiger partial charge is 0.306 e. The maximum absolute atomic E-state index is 13.0. The quantitative estimate of drug-likeness (QED) is 0.857. The first-order valence-electron chi connectivity index (χ1n) is 6.31. The van der Waals surface area contributed by atoms with E-state index in [0.717, 1.165) is 22.1 Å². The molecule has 2 aromatic carbocycles. The van der Waals surface area contributed by atoms with Gasteiger partial charge in [0, 0.05) is 17.1 Å². The van der Waals surface area contributed by atoms with E-state index in [4.69, 9.17) is 0 Å². The summed E-state index contributed by atoms with van der Waals surface area (Å²) in [5, 5.41) is 3.46. The van der Waals surface area contributed by atoms with Crippen molar-refractivity contribution in [1.82, 2.24) is 5.32 Å². The zero-order valence-corrected chi connectivity index (χ0v) is 12.7. The van der Waals surface area contributed by atoms with Gasteiger partial charge in [-0.3, -0.25) is 0 Å². The van der Waals surface area contributed by atoms with Gasteiger partial charge in [0.25, 0.3) is 0 Å². The molecule has 0 spiro atoms. The van der Waals surface area contributed by atoms with E-state index in [1.165, 1.54) is 11.6 Å². The minimum Gasteiger partial charge on any atom is -0.306 e. The number of hydrogen-bond acceptors (Lipinski definition) is 1. The molecule has 3 heteroatoms. The molecule has 0 fully saturated rings. The van der Waals surface area contributed by atoms with Crippen LogP contribution in [0.3, 0.4) is 0 Å². The van der Waals surface area contributed by atoms with E-state index in [2.05, 4.69) is 34.2 Å². The third-order valence-corrected chi connectivity index (χ3v) is 4.00. The third-order valence-electron chi connectivity index (χ3n) is 3.28. The summed E-state index contributed by atoms with van der Waals surface area (Å²) in [6.45, 7) is 4.79. The Morgan fingerprint density at radius 3 is 2.63 bits per heavy atom. The van der Waals surface area contributed by atoms with Crippen LogP contribution in [-0.4, -0.2) is 0 Å². The lowest BCUT2D eigenvalue weighted by molar-refractivity contribution is 0.569. The predicted octanol–water partition coefficient (Wildman–Crippen LogP) is 4.75. The van der Waals surface area contributed by atoms with Crippen molar-refractivity contribution in [3.63, 3.8) is 0 Å². The maximum Gasteiger partial charge on any atom is 0.123 e. The molecule has 2 aromatic rings. The summed E-state index contributed by atoms with van der Waals surface area (Å²) in [6, 6.07) is 13.3. The molecule has 0 aliphatic carbocycles. The predicted molar refractivity (Wildman–Crippen MR) is 80.5 cm³/mol. The van der Waals surface area contributed by atoms with Gasteiger partial charge in [0.05, 0.1) is 0 Å². The lowest BCUT2D eigenvalue weighted by atomic mass is 10.1. The van der Waals surface area contributed by atoms with Crippen LogP contribution in [0.1, 0.15) is 29.7 Å². The van der Waals surface area contributed by atoms with Crippen LogP contribution in [0, 0.1) is 12.7 Å². The highest BCUT2D eigenvalue weighted by Crippen LogP contribution is 2.23. The first-order valence-corrected chi connectivity index (χ1v) is 7.10. The van der Waals surface area contributed by atoms with Gasteiger partial charge in [0.1, 0.15) is 5.82 Å². The van der Waals surface area contributed by atoms with E-state index < -0.39 is 0 Å². The molecule has 0 saturated carbocycles. The first kappa shape index (κ1) is 14.2. The summed E-state index contributed by atoms with van der Waals surface area (Å²) in [6.07, 6.45) is 0. The molecule has 19 heavy (non-hydrogen) atoms. The van der Waals surface area contributed by atoms with E-state index in [1.807, 2.05) is 31.2 Å². The molecule has 0 radical (unpaired) electrons. The number of benzene rings is 2. The van der Waals surface area contributed by atoms with Crippen molar-refractivity contribution in [2.45, 2.75) is 26.4 Å². The van der Waals surface area contributed by atoms with E-state index in [-0.39, 0.29) is 11.9 Å². The number of rotatable bonds is 4. The van der Waals surface area contributed by atoms with Gasteiger partial charge in [0.15, 0.2) is 0 Å². The molecule has 0 aromatic heterocycles. The molecule has 1 nitrogen and oxygen atoms in total. The third kappa shape index (κ3) is 3.64. The first-order chi connectivity index (χ1) is 9.08. The number of nitrogens with one attached hydrogen (secondary N) is 1. The number of hydrogen-bond donors (Lipinski definition) is 1. The summed E-state index contributed by atoms with van der Waals surface area (Å²) in [4.78, 5) is 0. The summed E-state index contributed by atoms with van der Waals surface area (Å²) in [5.41, 5.74) is 3.33. The SMILES string of the molecule is Cc1cc(F)ccc1CN[C@@H](C)c1ccccc1Br. The highest BCUT2D eigenvalue weighted by Gasteiger charge is 2.08. The van der Waals surface area contributed by atoms with Gasteiger partial charge >= 0.3 is 0 Å². The summed E-state index contributed by atoms with van der Waals surface area (Å²) in [5.74, 6) is -0.180. The van der Waals surface area contributed by atoms with E-state index in [9.17, 15) is 4.39 Å². The van der Waals surface area contributed by atoms with Gasteiger partial charge < -0.3 is 5.32 Å². The Bertz CT molecular complexity index is 568. The molecule has 100 valence electrons. The second kappa shape index (κ2) is 6.31. The summed E-state index contributed by atoms with van der Waals surface area (Å²) >= 11 is 3.56. The Morgan fingerprint density at radius 2 is 1.95 bits per heavy atom. The molecule has 0 amide bonds. The molecule has 0 heterocycles.